The Morgan fingerprint density at radius 2 is 2.09 bits per heavy atom. The van der Waals surface area contributed by atoms with Gasteiger partial charge in [-0.2, -0.15) is 0 Å². The molecule has 2 aromatic rings. The van der Waals surface area contributed by atoms with Gasteiger partial charge in [-0.3, -0.25) is 9.78 Å². The average Bonchev–Trinajstić information content (AvgIpc) is 2.60. The highest BCUT2D eigenvalue weighted by Gasteiger charge is 2.16. The second kappa shape index (κ2) is 7.27. The van der Waals surface area contributed by atoms with E-state index in [0.717, 1.165) is 24.2 Å². The maximum absolute atomic E-state index is 12.2. The van der Waals surface area contributed by atoms with E-state index in [-0.39, 0.29) is 5.91 Å². The van der Waals surface area contributed by atoms with E-state index in [0.29, 0.717) is 6.54 Å². The molecule has 1 aliphatic carbocycles. The Balaban J connectivity index is 1.55. The van der Waals surface area contributed by atoms with Crippen molar-refractivity contribution in [1.82, 2.24) is 10.3 Å². The van der Waals surface area contributed by atoms with E-state index in [4.69, 9.17) is 4.74 Å². The summed E-state index contributed by atoms with van der Waals surface area (Å²) in [5, 5.41) is 2.88. The molecule has 0 saturated heterocycles. The molecular weight excluding hydrogens is 288 g/mol. The Bertz CT molecular complexity index is 670. The number of aryl methyl sites for hydroxylation is 2. The topological polar surface area (TPSA) is 51.2 Å². The predicted molar refractivity (Wildman–Crippen MR) is 89.3 cm³/mol. The van der Waals surface area contributed by atoms with Gasteiger partial charge in [0.25, 0.3) is 5.91 Å². The van der Waals surface area contributed by atoms with Gasteiger partial charge in [0.2, 0.25) is 0 Å². The van der Waals surface area contributed by atoms with Crippen LogP contribution in [-0.2, 0) is 24.2 Å². The van der Waals surface area contributed by atoms with E-state index in [1.807, 2.05) is 18.2 Å². The summed E-state index contributed by atoms with van der Waals surface area (Å²) in [6, 6.07) is 9.97. The number of carbonyl (C=O) groups excluding carboxylic acids is 1. The number of pyridine rings is 1. The summed E-state index contributed by atoms with van der Waals surface area (Å²) >= 11 is 0. The highest BCUT2D eigenvalue weighted by Crippen LogP contribution is 2.25. The lowest BCUT2D eigenvalue weighted by atomic mass is 9.92. The second-order valence-corrected chi connectivity index (χ2v) is 5.98. The number of aromatic nitrogens is 1. The molecule has 0 spiro atoms. The minimum Gasteiger partial charge on any atom is -0.481 e. The molecule has 4 heteroatoms. The number of amides is 1. The van der Waals surface area contributed by atoms with Crippen LogP contribution in [0.2, 0.25) is 0 Å². The first-order valence-electron chi connectivity index (χ1n) is 8.17. The van der Waals surface area contributed by atoms with Crippen LogP contribution in [-0.4, -0.2) is 17.0 Å². The number of benzene rings is 1. The van der Waals surface area contributed by atoms with Gasteiger partial charge in [0, 0.05) is 18.9 Å². The monoisotopic (exact) mass is 310 g/mol. The number of rotatable bonds is 5. The fraction of sp³-hybridized carbons (Fsp3) is 0.368. The summed E-state index contributed by atoms with van der Waals surface area (Å²) in [5.41, 5.74) is 3.75. The van der Waals surface area contributed by atoms with E-state index in [9.17, 15) is 4.79 Å². The summed E-state index contributed by atoms with van der Waals surface area (Å²) in [5.74, 6) is 0.654. The third-order valence-corrected chi connectivity index (χ3v) is 4.19. The standard InChI is InChI=1S/C19H22N2O2/c1-14(19(22)21-13-15-5-4-10-20-12-15)23-18-9-8-16-6-2-3-7-17(16)11-18/h4-5,8-12,14H,2-3,6-7,13H2,1H3,(H,21,22)/t14-/m1/s1. The SMILES string of the molecule is C[C@@H](Oc1ccc2c(c1)CCCC2)C(=O)NCc1cccnc1. The van der Waals surface area contributed by atoms with Gasteiger partial charge in [-0.1, -0.05) is 12.1 Å². The van der Waals surface area contributed by atoms with Crippen LogP contribution >= 0.6 is 0 Å². The fourth-order valence-corrected chi connectivity index (χ4v) is 2.88. The number of nitrogens with one attached hydrogen (secondary N) is 1. The van der Waals surface area contributed by atoms with Crippen molar-refractivity contribution >= 4 is 5.91 Å². The first kappa shape index (κ1) is 15.5. The lowest BCUT2D eigenvalue weighted by Gasteiger charge is -2.19. The lowest BCUT2D eigenvalue weighted by Crippen LogP contribution is -2.35. The van der Waals surface area contributed by atoms with Crippen molar-refractivity contribution in [2.75, 3.05) is 0 Å². The van der Waals surface area contributed by atoms with E-state index in [2.05, 4.69) is 22.4 Å². The van der Waals surface area contributed by atoms with Gasteiger partial charge in [-0.05, 0) is 67.5 Å². The highest BCUT2D eigenvalue weighted by atomic mass is 16.5. The zero-order chi connectivity index (χ0) is 16.1. The molecule has 1 amide bonds. The maximum Gasteiger partial charge on any atom is 0.261 e. The smallest absolute Gasteiger partial charge is 0.261 e. The summed E-state index contributed by atoms with van der Waals surface area (Å²) in [6.45, 7) is 2.24. The molecule has 0 fully saturated rings. The Morgan fingerprint density at radius 3 is 2.87 bits per heavy atom. The first-order chi connectivity index (χ1) is 11.2. The molecule has 0 saturated carbocycles. The molecular formula is C19H22N2O2. The molecule has 1 atom stereocenters. The molecule has 1 aliphatic rings. The molecule has 120 valence electrons. The van der Waals surface area contributed by atoms with Crippen LogP contribution in [0.15, 0.2) is 42.7 Å². The van der Waals surface area contributed by atoms with Crippen LogP contribution in [0.1, 0.15) is 36.5 Å². The van der Waals surface area contributed by atoms with E-state index < -0.39 is 6.10 Å². The van der Waals surface area contributed by atoms with Crippen molar-refractivity contribution in [1.29, 1.82) is 0 Å². The average molecular weight is 310 g/mol. The molecule has 1 N–H and O–H groups in total. The second-order valence-electron chi connectivity index (χ2n) is 5.98. The fourth-order valence-electron chi connectivity index (χ4n) is 2.88. The third kappa shape index (κ3) is 4.09. The van der Waals surface area contributed by atoms with Crippen LogP contribution in [0.25, 0.3) is 0 Å². The van der Waals surface area contributed by atoms with E-state index in [1.54, 1.807) is 19.3 Å². The molecule has 3 rings (SSSR count). The van der Waals surface area contributed by atoms with Crippen LogP contribution in [0.3, 0.4) is 0 Å². The number of carbonyl (C=O) groups is 1. The highest BCUT2D eigenvalue weighted by molar-refractivity contribution is 5.80. The third-order valence-electron chi connectivity index (χ3n) is 4.19. The van der Waals surface area contributed by atoms with Crippen molar-refractivity contribution in [3.8, 4) is 5.75 Å². The summed E-state index contributed by atoms with van der Waals surface area (Å²) in [6.07, 6.45) is 7.69. The molecule has 23 heavy (non-hydrogen) atoms. The van der Waals surface area contributed by atoms with Gasteiger partial charge in [0.1, 0.15) is 5.75 Å². The van der Waals surface area contributed by atoms with Crippen LogP contribution in [0.4, 0.5) is 0 Å². The Hall–Kier alpha value is -2.36. The van der Waals surface area contributed by atoms with Gasteiger partial charge in [-0.25, -0.2) is 0 Å². The minimum atomic E-state index is -0.520. The molecule has 0 radical (unpaired) electrons. The number of hydrogen-bond donors (Lipinski definition) is 1. The van der Waals surface area contributed by atoms with Crippen molar-refractivity contribution in [3.63, 3.8) is 0 Å². The van der Waals surface area contributed by atoms with Crippen molar-refractivity contribution < 1.29 is 9.53 Å². The molecule has 0 unspecified atom stereocenters. The molecule has 4 nitrogen and oxygen atoms in total. The van der Waals surface area contributed by atoms with Gasteiger partial charge >= 0.3 is 0 Å². The van der Waals surface area contributed by atoms with Crippen LogP contribution in [0, 0.1) is 0 Å². The van der Waals surface area contributed by atoms with Crippen molar-refractivity contribution in [3.05, 3.63) is 59.4 Å². The van der Waals surface area contributed by atoms with Gasteiger partial charge < -0.3 is 10.1 Å². The molecule has 1 aromatic heterocycles. The lowest BCUT2D eigenvalue weighted by molar-refractivity contribution is -0.127. The van der Waals surface area contributed by atoms with Crippen LogP contribution < -0.4 is 10.1 Å². The molecule has 1 aromatic carbocycles. The van der Waals surface area contributed by atoms with E-state index >= 15 is 0 Å². The largest absolute Gasteiger partial charge is 0.481 e. The zero-order valence-corrected chi connectivity index (χ0v) is 13.4. The number of ether oxygens (including phenoxy) is 1. The number of fused-ring (bicyclic) bond motifs is 1. The van der Waals surface area contributed by atoms with E-state index in [1.165, 1.54) is 24.0 Å². The number of hydrogen-bond acceptors (Lipinski definition) is 3. The summed E-state index contributed by atoms with van der Waals surface area (Å²) in [7, 11) is 0. The zero-order valence-electron chi connectivity index (χ0n) is 13.4. The normalized spacial score (nSPS) is 14.7. The Kier molecular flexibility index (Phi) is 4.91. The van der Waals surface area contributed by atoms with Gasteiger partial charge in [-0.15, -0.1) is 0 Å². The molecule has 0 aliphatic heterocycles. The Morgan fingerprint density at radius 1 is 1.26 bits per heavy atom. The molecule has 0 bridgehead atoms. The summed E-state index contributed by atoms with van der Waals surface area (Å²) < 4.78 is 5.80. The molecule has 1 heterocycles. The Labute approximate surface area is 136 Å². The quantitative estimate of drug-likeness (QED) is 0.923. The van der Waals surface area contributed by atoms with Crippen molar-refractivity contribution in [2.45, 2.75) is 45.3 Å². The number of nitrogens with zero attached hydrogens (tertiary/aromatic N) is 1. The van der Waals surface area contributed by atoms with Gasteiger partial charge in [0.15, 0.2) is 6.10 Å². The van der Waals surface area contributed by atoms with Crippen molar-refractivity contribution in [2.24, 2.45) is 0 Å². The maximum atomic E-state index is 12.2. The predicted octanol–water partition coefficient (Wildman–Crippen LogP) is 3.04. The van der Waals surface area contributed by atoms with Gasteiger partial charge in [0.05, 0.1) is 0 Å². The van der Waals surface area contributed by atoms with Crippen LogP contribution in [0.5, 0.6) is 5.75 Å². The minimum absolute atomic E-state index is 0.119. The first-order valence-corrected chi connectivity index (χ1v) is 8.17. The summed E-state index contributed by atoms with van der Waals surface area (Å²) in [4.78, 5) is 16.2.